The summed E-state index contributed by atoms with van der Waals surface area (Å²) >= 11 is 11.8. The van der Waals surface area contributed by atoms with Gasteiger partial charge >= 0.3 is 0 Å². The van der Waals surface area contributed by atoms with Crippen LogP contribution in [-0.2, 0) is 0 Å². The average molecular weight is 202 g/mol. The predicted molar refractivity (Wildman–Crippen MR) is 52.8 cm³/mol. The van der Waals surface area contributed by atoms with Gasteiger partial charge in [-0.3, -0.25) is 0 Å². The molecule has 0 saturated heterocycles. The van der Waals surface area contributed by atoms with E-state index in [4.69, 9.17) is 28.9 Å². The Hall–Kier alpha value is -0.400. The summed E-state index contributed by atoms with van der Waals surface area (Å²) in [5.74, 6) is 0.667. The van der Waals surface area contributed by atoms with Crippen molar-refractivity contribution in [3.05, 3.63) is 27.7 Å². The third kappa shape index (κ3) is 1.39. The number of hydrogen-bond acceptors (Lipinski definition) is 1. The lowest BCUT2D eigenvalue weighted by Gasteiger charge is -2.04. The quantitative estimate of drug-likeness (QED) is 0.693. The van der Waals surface area contributed by atoms with Gasteiger partial charge in [0.2, 0.25) is 0 Å². The fourth-order valence-electron chi connectivity index (χ4n) is 1.26. The Balaban J connectivity index is 2.45. The summed E-state index contributed by atoms with van der Waals surface area (Å²) in [5, 5.41) is 1.15. The van der Waals surface area contributed by atoms with Crippen LogP contribution in [0.25, 0.3) is 0 Å². The molecule has 12 heavy (non-hydrogen) atoms. The van der Waals surface area contributed by atoms with Crippen molar-refractivity contribution in [3.8, 4) is 0 Å². The first-order valence-electron chi connectivity index (χ1n) is 3.93. The molecule has 1 aromatic carbocycles. The second-order valence-corrected chi connectivity index (χ2v) is 3.99. The van der Waals surface area contributed by atoms with Gasteiger partial charge in [0.15, 0.2) is 0 Å². The monoisotopic (exact) mass is 201 g/mol. The van der Waals surface area contributed by atoms with Crippen LogP contribution in [0.4, 0.5) is 5.69 Å². The van der Waals surface area contributed by atoms with Crippen LogP contribution in [0.3, 0.4) is 0 Å². The summed E-state index contributed by atoms with van der Waals surface area (Å²) < 4.78 is 0. The van der Waals surface area contributed by atoms with E-state index in [0.717, 1.165) is 0 Å². The number of nitrogen functional groups attached to an aromatic ring is 1. The summed E-state index contributed by atoms with van der Waals surface area (Å²) in [7, 11) is 0. The fourth-order valence-corrected chi connectivity index (χ4v) is 1.76. The lowest BCUT2D eigenvalue weighted by atomic mass is 10.1. The molecule has 1 aromatic rings. The van der Waals surface area contributed by atoms with Crippen LogP contribution in [-0.4, -0.2) is 0 Å². The number of halogens is 2. The smallest absolute Gasteiger partial charge is 0.0693 e. The van der Waals surface area contributed by atoms with Crippen LogP contribution in [0.2, 0.25) is 10.0 Å². The molecule has 0 amide bonds. The maximum Gasteiger partial charge on any atom is 0.0693 e. The third-order valence-corrected chi connectivity index (χ3v) is 2.78. The van der Waals surface area contributed by atoms with Gasteiger partial charge in [0.25, 0.3) is 0 Å². The molecule has 1 saturated carbocycles. The second-order valence-electron chi connectivity index (χ2n) is 3.17. The van der Waals surface area contributed by atoms with Crippen LogP contribution < -0.4 is 5.73 Å². The highest BCUT2D eigenvalue weighted by molar-refractivity contribution is 6.38. The Kier molecular flexibility index (Phi) is 1.93. The number of hydrogen-bond donors (Lipinski definition) is 1. The van der Waals surface area contributed by atoms with E-state index < -0.39 is 0 Å². The highest BCUT2D eigenvalue weighted by Gasteiger charge is 2.24. The molecule has 0 bridgehead atoms. The molecule has 3 heteroatoms. The summed E-state index contributed by atoms with van der Waals surface area (Å²) in [6.07, 6.45) is 2.49. The standard InChI is InChI=1S/C9H9Cl2N/c10-7-3-6(5-1-2-5)4-8(11)9(7)12/h3-5H,1-2,12H2. The molecular weight excluding hydrogens is 193 g/mol. The Bertz CT molecular complexity index is 295. The molecule has 0 radical (unpaired) electrons. The zero-order valence-corrected chi connectivity index (χ0v) is 7.99. The molecule has 0 unspecified atom stereocenters. The van der Waals surface area contributed by atoms with Crippen LogP contribution in [0, 0.1) is 0 Å². The molecule has 0 heterocycles. The normalized spacial score (nSPS) is 16.5. The van der Waals surface area contributed by atoms with Crippen LogP contribution >= 0.6 is 23.2 Å². The molecule has 64 valence electrons. The molecule has 1 aliphatic carbocycles. The highest BCUT2D eigenvalue weighted by Crippen LogP contribution is 2.43. The first-order chi connectivity index (χ1) is 5.68. The van der Waals surface area contributed by atoms with Crippen LogP contribution in [0.15, 0.2) is 12.1 Å². The Morgan fingerprint density at radius 2 is 1.67 bits per heavy atom. The molecule has 0 spiro atoms. The van der Waals surface area contributed by atoms with Gasteiger partial charge in [-0.2, -0.15) is 0 Å². The number of nitrogens with two attached hydrogens (primary N) is 1. The van der Waals surface area contributed by atoms with Crippen LogP contribution in [0.5, 0.6) is 0 Å². The average Bonchev–Trinajstić information content (AvgIpc) is 2.81. The Morgan fingerprint density at radius 1 is 1.17 bits per heavy atom. The summed E-state index contributed by atoms with van der Waals surface area (Å²) in [6, 6.07) is 3.83. The zero-order valence-electron chi connectivity index (χ0n) is 6.48. The van der Waals surface area contributed by atoms with Crippen molar-refractivity contribution in [2.24, 2.45) is 0 Å². The first-order valence-corrected chi connectivity index (χ1v) is 4.68. The lowest BCUT2D eigenvalue weighted by molar-refractivity contribution is 1.13. The van der Waals surface area contributed by atoms with E-state index in [9.17, 15) is 0 Å². The molecule has 1 nitrogen and oxygen atoms in total. The number of anilines is 1. The Morgan fingerprint density at radius 3 is 2.08 bits per heavy atom. The maximum atomic E-state index is 5.88. The van der Waals surface area contributed by atoms with Gasteiger partial charge in [-0.15, -0.1) is 0 Å². The van der Waals surface area contributed by atoms with E-state index in [-0.39, 0.29) is 0 Å². The van der Waals surface area contributed by atoms with Gasteiger partial charge in [0, 0.05) is 0 Å². The topological polar surface area (TPSA) is 26.0 Å². The molecule has 2 N–H and O–H groups in total. The van der Waals surface area contributed by atoms with Gasteiger partial charge in [0.1, 0.15) is 0 Å². The highest BCUT2D eigenvalue weighted by atomic mass is 35.5. The molecule has 1 aliphatic rings. The predicted octanol–water partition coefficient (Wildman–Crippen LogP) is 3.45. The van der Waals surface area contributed by atoms with Crippen molar-refractivity contribution in [2.45, 2.75) is 18.8 Å². The number of rotatable bonds is 1. The van der Waals surface area contributed by atoms with E-state index in [2.05, 4.69) is 0 Å². The van der Waals surface area contributed by atoms with Gasteiger partial charge < -0.3 is 5.73 Å². The first kappa shape index (κ1) is 8.21. The number of benzene rings is 1. The third-order valence-electron chi connectivity index (χ3n) is 2.15. The van der Waals surface area contributed by atoms with E-state index in [1.54, 1.807) is 0 Å². The van der Waals surface area contributed by atoms with Gasteiger partial charge in [-0.1, -0.05) is 23.2 Å². The molecular formula is C9H9Cl2N. The second kappa shape index (κ2) is 2.82. The summed E-state index contributed by atoms with van der Waals surface area (Å²) in [4.78, 5) is 0. The fraction of sp³-hybridized carbons (Fsp3) is 0.333. The minimum Gasteiger partial charge on any atom is -0.396 e. The van der Waals surface area contributed by atoms with E-state index in [1.807, 2.05) is 12.1 Å². The van der Waals surface area contributed by atoms with Crippen molar-refractivity contribution in [3.63, 3.8) is 0 Å². The van der Waals surface area contributed by atoms with Crippen molar-refractivity contribution in [1.82, 2.24) is 0 Å². The van der Waals surface area contributed by atoms with Crippen molar-refractivity contribution >= 4 is 28.9 Å². The van der Waals surface area contributed by atoms with Crippen LogP contribution in [0.1, 0.15) is 24.3 Å². The maximum absolute atomic E-state index is 5.88. The lowest BCUT2D eigenvalue weighted by Crippen LogP contribution is -1.90. The zero-order chi connectivity index (χ0) is 8.72. The van der Waals surface area contributed by atoms with Crippen molar-refractivity contribution in [1.29, 1.82) is 0 Å². The van der Waals surface area contributed by atoms with Gasteiger partial charge in [-0.25, -0.2) is 0 Å². The molecule has 2 rings (SSSR count). The minimum atomic E-state index is 0.489. The summed E-state index contributed by atoms with van der Waals surface area (Å²) in [6.45, 7) is 0. The minimum absolute atomic E-state index is 0.489. The summed E-state index contributed by atoms with van der Waals surface area (Å²) in [5.41, 5.74) is 7.32. The molecule has 0 atom stereocenters. The van der Waals surface area contributed by atoms with E-state index in [0.29, 0.717) is 21.7 Å². The molecule has 1 fully saturated rings. The SMILES string of the molecule is Nc1c(Cl)cc(C2CC2)cc1Cl. The van der Waals surface area contributed by atoms with E-state index in [1.165, 1.54) is 18.4 Å². The van der Waals surface area contributed by atoms with E-state index >= 15 is 0 Å². The van der Waals surface area contributed by atoms with Gasteiger partial charge in [0.05, 0.1) is 15.7 Å². The van der Waals surface area contributed by atoms with Gasteiger partial charge in [-0.05, 0) is 36.5 Å². The van der Waals surface area contributed by atoms with Crippen molar-refractivity contribution < 1.29 is 0 Å². The molecule has 0 aliphatic heterocycles. The Labute approximate surface area is 81.5 Å². The molecule has 0 aromatic heterocycles. The van der Waals surface area contributed by atoms with Crippen molar-refractivity contribution in [2.75, 3.05) is 5.73 Å². The largest absolute Gasteiger partial charge is 0.396 e.